The van der Waals surface area contributed by atoms with Crippen LogP contribution in [-0.2, 0) is 0 Å². The topological polar surface area (TPSA) is 15.3 Å². The van der Waals surface area contributed by atoms with Crippen molar-refractivity contribution in [1.82, 2.24) is 10.2 Å². The summed E-state index contributed by atoms with van der Waals surface area (Å²) in [5.74, 6) is -2.84. The summed E-state index contributed by atoms with van der Waals surface area (Å²) < 4.78 is 28.1. The lowest BCUT2D eigenvalue weighted by Gasteiger charge is -2.35. The molecule has 0 radical (unpaired) electrons. The van der Waals surface area contributed by atoms with E-state index in [1.54, 1.807) is 0 Å². The maximum Gasteiger partial charge on any atom is 0.263 e. The van der Waals surface area contributed by atoms with Crippen LogP contribution in [0.1, 0.15) is 32.1 Å². The Balaban J connectivity index is 1.84. The van der Waals surface area contributed by atoms with Gasteiger partial charge in [0.1, 0.15) is 0 Å². The van der Waals surface area contributed by atoms with E-state index in [-0.39, 0.29) is 12.5 Å². The number of alkyl halides is 2. The van der Waals surface area contributed by atoms with Crippen molar-refractivity contribution < 1.29 is 8.78 Å². The van der Waals surface area contributed by atoms with Gasteiger partial charge in [0, 0.05) is 32.1 Å². The van der Waals surface area contributed by atoms with Gasteiger partial charge in [-0.2, -0.15) is 0 Å². The molecule has 2 nitrogen and oxygen atoms in total. The molecule has 0 unspecified atom stereocenters. The molecule has 0 bridgehead atoms. The fourth-order valence-electron chi connectivity index (χ4n) is 2.82. The average molecular weight is 232 g/mol. The van der Waals surface area contributed by atoms with E-state index in [9.17, 15) is 8.78 Å². The molecule has 0 aromatic heterocycles. The lowest BCUT2D eigenvalue weighted by atomic mass is 9.84. The Hall–Kier alpha value is -0.220. The highest BCUT2D eigenvalue weighted by atomic mass is 19.3. The number of hydrogen-bond acceptors (Lipinski definition) is 2. The summed E-state index contributed by atoms with van der Waals surface area (Å²) in [4.78, 5) is 1.91. The summed E-state index contributed by atoms with van der Waals surface area (Å²) >= 11 is 0. The minimum atomic E-state index is -2.47. The molecule has 94 valence electrons. The van der Waals surface area contributed by atoms with Crippen LogP contribution in [0.2, 0.25) is 0 Å². The van der Waals surface area contributed by atoms with Gasteiger partial charge in [-0.3, -0.25) is 4.90 Å². The van der Waals surface area contributed by atoms with Crippen LogP contribution in [0, 0.1) is 5.92 Å². The molecule has 1 saturated carbocycles. The summed E-state index contributed by atoms with van der Waals surface area (Å²) in [5, 5.41) is 3.19. The van der Waals surface area contributed by atoms with Crippen molar-refractivity contribution in [2.75, 3.05) is 32.7 Å². The zero-order chi connectivity index (χ0) is 11.4. The van der Waals surface area contributed by atoms with E-state index in [4.69, 9.17) is 0 Å². The fraction of sp³-hybridized carbons (Fsp3) is 1.00. The van der Waals surface area contributed by atoms with Crippen molar-refractivity contribution in [2.45, 2.75) is 38.0 Å². The molecule has 2 aliphatic rings. The Morgan fingerprint density at radius 3 is 2.31 bits per heavy atom. The molecule has 0 aromatic rings. The summed E-state index contributed by atoms with van der Waals surface area (Å²) in [6.07, 6.45) is 4.56. The van der Waals surface area contributed by atoms with E-state index < -0.39 is 5.92 Å². The van der Waals surface area contributed by atoms with Crippen LogP contribution in [0.3, 0.4) is 0 Å². The zero-order valence-electron chi connectivity index (χ0n) is 9.85. The highest BCUT2D eigenvalue weighted by molar-refractivity contribution is 4.84. The van der Waals surface area contributed by atoms with Crippen molar-refractivity contribution in [3.8, 4) is 0 Å². The number of nitrogens with zero attached hydrogens (tertiary/aromatic N) is 1. The van der Waals surface area contributed by atoms with Crippen molar-refractivity contribution in [1.29, 1.82) is 0 Å². The van der Waals surface area contributed by atoms with Gasteiger partial charge in [-0.15, -0.1) is 0 Å². The Bertz CT molecular complexity index is 209. The predicted octanol–water partition coefficient (Wildman–Crippen LogP) is 2.11. The first-order valence-corrected chi connectivity index (χ1v) is 6.49. The van der Waals surface area contributed by atoms with Gasteiger partial charge in [-0.1, -0.05) is 19.3 Å². The predicted molar refractivity (Wildman–Crippen MR) is 60.8 cm³/mol. The molecule has 2 rings (SSSR count). The molecule has 0 aromatic carbocycles. The summed E-state index contributed by atoms with van der Waals surface area (Å²) in [5.41, 5.74) is 0. The highest BCUT2D eigenvalue weighted by Gasteiger charge is 2.41. The molecular formula is C12H22F2N2. The summed E-state index contributed by atoms with van der Waals surface area (Å²) in [7, 11) is 0. The maximum absolute atomic E-state index is 14.0. The van der Waals surface area contributed by atoms with Gasteiger partial charge in [0.05, 0.1) is 6.54 Å². The monoisotopic (exact) mass is 232 g/mol. The number of hydrogen-bond donors (Lipinski definition) is 1. The van der Waals surface area contributed by atoms with Crippen molar-refractivity contribution in [2.24, 2.45) is 5.92 Å². The smallest absolute Gasteiger partial charge is 0.263 e. The Labute approximate surface area is 96.4 Å². The number of nitrogens with one attached hydrogen (secondary N) is 1. The van der Waals surface area contributed by atoms with Crippen LogP contribution in [-0.4, -0.2) is 43.5 Å². The lowest BCUT2D eigenvalue weighted by Crippen LogP contribution is -2.50. The van der Waals surface area contributed by atoms with Crippen molar-refractivity contribution in [3.63, 3.8) is 0 Å². The van der Waals surface area contributed by atoms with Crippen molar-refractivity contribution in [3.05, 3.63) is 0 Å². The third-order valence-electron chi connectivity index (χ3n) is 3.85. The number of rotatable bonds is 3. The molecule has 1 aliphatic carbocycles. The van der Waals surface area contributed by atoms with Crippen LogP contribution < -0.4 is 5.32 Å². The van der Waals surface area contributed by atoms with E-state index in [0.717, 1.165) is 58.3 Å². The van der Waals surface area contributed by atoms with Gasteiger partial charge in [-0.25, -0.2) is 8.78 Å². The maximum atomic E-state index is 14.0. The van der Waals surface area contributed by atoms with Gasteiger partial charge < -0.3 is 5.32 Å². The largest absolute Gasteiger partial charge is 0.314 e. The van der Waals surface area contributed by atoms with E-state index in [2.05, 4.69) is 5.32 Å². The Morgan fingerprint density at radius 1 is 1.06 bits per heavy atom. The summed E-state index contributed by atoms with van der Waals surface area (Å²) in [6, 6.07) is 0. The standard InChI is InChI=1S/C12H22F2N2/c13-12(14,11-4-2-1-3-5-11)10-16-8-6-15-7-9-16/h11,15H,1-10H2. The van der Waals surface area contributed by atoms with E-state index in [1.165, 1.54) is 0 Å². The average Bonchev–Trinajstić information content (AvgIpc) is 2.31. The van der Waals surface area contributed by atoms with E-state index in [0.29, 0.717) is 0 Å². The van der Waals surface area contributed by atoms with Crippen LogP contribution in [0.15, 0.2) is 0 Å². The van der Waals surface area contributed by atoms with E-state index in [1.807, 2.05) is 4.90 Å². The number of piperazine rings is 1. The van der Waals surface area contributed by atoms with Crippen LogP contribution in [0.25, 0.3) is 0 Å². The molecule has 4 heteroatoms. The fourth-order valence-corrected chi connectivity index (χ4v) is 2.82. The van der Waals surface area contributed by atoms with Gasteiger partial charge in [0.25, 0.3) is 5.92 Å². The molecule has 2 fully saturated rings. The first-order valence-electron chi connectivity index (χ1n) is 6.49. The second-order valence-electron chi connectivity index (χ2n) is 5.12. The van der Waals surface area contributed by atoms with Gasteiger partial charge in [0.15, 0.2) is 0 Å². The van der Waals surface area contributed by atoms with E-state index >= 15 is 0 Å². The molecule has 1 N–H and O–H groups in total. The lowest BCUT2D eigenvalue weighted by molar-refractivity contribution is -0.0937. The van der Waals surface area contributed by atoms with Crippen LogP contribution in [0.5, 0.6) is 0 Å². The minimum absolute atomic E-state index is 0.0284. The molecule has 16 heavy (non-hydrogen) atoms. The van der Waals surface area contributed by atoms with Gasteiger partial charge in [-0.05, 0) is 12.8 Å². The molecule has 1 saturated heterocycles. The molecule has 1 heterocycles. The quantitative estimate of drug-likeness (QED) is 0.801. The SMILES string of the molecule is FC(F)(CN1CCNCC1)C1CCCCC1. The Kier molecular flexibility index (Phi) is 4.14. The van der Waals surface area contributed by atoms with Gasteiger partial charge >= 0.3 is 0 Å². The first kappa shape index (κ1) is 12.2. The molecule has 0 amide bonds. The summed E-state index contributed by atoms with van der Waals surface area (Å²) in [6.45, 7) is 3.20. The van der Waals surface area contributed by atoms with Crippen LogP contribution in [0.4, 0.5) is 8.78 Å². The second kappa shape index (κ2) is 5.41. The van der Waals surface area contributed by atoms with Crippen LogP contribution >= 0.6 is 0 Å². The third-order valence-corrected chi connectivity index (χ3v) is 3.85. The van der Waals surface area contributed by atoms with Gasteiger partial charge in [0.2, 0.25) is 0 Å². The molecule has 0 spiro atoms. The Morgan fingerprint density at radius 2 is 1.69 bits per heavy atom. The second-order valence-corrected chi connectivity index (χ2v) is 5.12. The number of halogens is 2. The molecular weight excluding hydrogens is 210 g/mol. The first-order chi connectivity index (χ1) is 7.68. The molecule has 1 aliphatic heterocycles. The minimum Gasteiger partial charge on any atom is -0.314 e. The molecule has 0 atom stereocenters. The normalized spacial score (nSPS) is 25.9. The third kappa shape index (κ3) is 3.14. The highest BCUT2D eigenvalue weighted by Crippen LogP contribution is 2.37. The zero-order valence-corrected chi connectivity index (χ0v) is 9.85. The van der Waals surface area contributed by atoms with Crippen molar-refractivity contribution >= 4 is 0 Å².